The third-order valence-electron chi connectivity index (χ3n) is 2.82. The predicted molar refractivity (Wildman–Crippen MR) is 58.6 cm³/mol. The van der Waals surface area contributed by atoms with Crippen molar-refractivity contribution in [3.05, 3.63) is 0 Å². The highest BCUT2D eigenvalue weighted by Gasteiger charge is 2.21. The quantitative estimate of drug-likeness (QED) is 0.503. The number of ether oxygens (including phenoxy) is 2. The van der Waals surface area contributed by atoms with Gasteiger partial charge < -0.3 is 9.47 Å². The van der Waals surface area contributed by atoms with Gasteiger partial charge in [0.2, 0.25) is 0 Å². The van der Waals surface area contributed by atoms with Crippen LogP contribution in [-0.4, -0.2) is 25.8 Å². The molecule has 0 aromatic heterocycles. The van der Waals surface area contributed by atoms with Crippen molar-refractivity contribution >= 4 is 5.97 Å². The van der Waals surface area contributed by atoms with Gasteiger partial charge >= 0.3 is 5.97 Å². The second kappa shape index (κ2) is 7.69. The molecule has 3 heteroatoms. The summed E-state index contributed by atoms with van der Waals surface area (Å²) in [5.41, 5.74) is 0. The van der Waals surface area contributed by atoms with E-state index >= 15 is 0 Å². The van der Waals surface area contributed by atoms with Crippen LogP contribution in [0.2, 0.25) is 0 Å². The average Bonchev–Trinajstić information content (AvgIpc) is 2.30. The summed E-state index contributed by atoms with van der Waals surface area (Å²) in [6, 6.07) is 0. The summed E-state index contributed by atoms with van der Waals surface area (Å²) in [6.45, 7) is 3.90. The van der Waals surface area contributed by atoms with E-state index in [0.717, 1.165) is 25.9 Å². The molecule has 0 radical (unpaired) electrons. The summed E-state index contributed by atoms with van der Waals surface area (Å²) >= 11 is 0. The zero-order valence-corrected chi connectivity index (χ0v) is 9.67. The van der Waals surface area contributed by atoms with Gasteiger partial charge in [-0.25, -0.2) is 0 Å². The van der Waals surface area contributed by atoms with Crippen molar-refractivity contribution < 1.29 is 14.3 Å². The van der Waals surface area contributed by atoms with Crippen molar-refractivity contribution in [2.45, 2.75) is 45.4 Å². The molecule has 0 N–H and O–H groups in total. The largest absolute Gasteiger partial charge is 0.465 e. The molecule has 1 aliphatic carbocycles. The van der Waals surface area contributed by atoms with Crippen LogP contribution in [0.15, 0.2) is 0 Å². The van der Waals surface area contributed by atoms with Crippen molar-refractivity contribution in [2.24, 2.45) is 5.92 Å². The van der Waals surface area contributed by atoms with Gasteiger partial charge in [0.25, 0.3) is 0 Å². The lowest BCUT2D eigenvalue weighted by atomic mass is 9.89. The van der Waals surface area contributed by atoms with Gasteiger partial charge in [-0.3, -0.25) is 4.79 Å². The maximum atomic E-state index is 11.6. The Morgan fingerprint density at radius 2 is 1.93 bits per heavy atom. The first kappa shape index (κ1) is 12.5. The minimum atomic E-state index is 0.00574. The Kier molecular flexibility index (Phi) is 6.41. The van der Waals surface area contributed by atoms with Gasteiger partial charge in [0.15, 0.2) is 0 Å². The fraction of sp³-hybridized carbons (Fsp3) is 0.917. The highest BCUT2D eigenvalue weighted by Crippen LogP contribution is 2.24. The summed E-state index contributed by atoms with van der Waals surface area (Å²) in [7, 11) is 0. The van der Waals surface area contributed by atoms with Crippen molar-refractivity contribution in [3.8, 4) is 0 Å². The van der Waals surface area contributed by atoms with Gasteiger partial charge in [0, 0.05) is 19.6 Å². The molecule has 3 nitrogen and oxygen atoms in total. The zero-order valence-electron chi connectivity index (χ0n) is 9.67. The maximum absolute atomic E-state index is 11.6. The van der Waals surface area contributed by atoms with E-state index in [9.17, 15) is 4.79 Å². The van der Waals surface area contributed by atoms with Gasteiger partial charge in [-0.15, -0.1) is 0 Å². The maximum Gasteiger partial charge on any atom is 0.308 e. The summed E-state index contributed by atoms with van der Waals surface area (Å²) in [6.07, 6.45) is 6.48. The molecule has 0 atom stereocenters. The van der Waals surface area contributed by atoms with Crippen LogP contribution < -0.4 is 0 Å². The lowest BCUT2D eigenvalue weighted by molar-refractivity contribution is -0.150. The van der Waals surface area contributed by atoms with Gasteiger partial charge in [-0.2, -0.15) is 0 Å². The third-order valence-corrected chi connectivity index (χ3v) is 2.82. The summed E-state index contributed by atoms with van der Waals surface area (Å²) in [5.74, 6) is 0.178. The molecule has 88 valence electrons. The van der Waals surface area contributed by atoms with E-state index in [1.807, 2.05) is 6.92 Å². The second-order valence-corrected chi connectivity index (χ2v) is 4.05. The van der Waals surface area contributed by atoms with Gasteiger partial charge in [0.1, 0.15) is 0 Å². The topological polar surface area (TPSA) is 35.5 Å². The van der Waals surface area contributed by atoms with Crippen molar-refractivity contribution in [3.63, 3.8) is 0 Å². The third kappa shape index (κ3) is 5.17. The Hall–Kier alpha value is -0.570. The average molecular weight is 214 g/mol. The molecule has 0 aromatic rings. The smallest absolute Gasteiger partial charge is 0.308 e. The molecule has 15 heavy (non-hydrogen) atoms. The highest BCUT2D eigenvalue weighted by molar-refractivity contribution is 5.72. The number of carbonyl (C=O) groups excluding carboxylic acids is 1. The number of carbonyl (C=O) groups is 1. The van der Waals surface area contributed by atoms with Gasteiger partial charge in [-0.1, -0.05) is 19.3 Å². The molecule has 1 aliphatic rings. The van der Waals surface area contributed by atoms with Crippen LogP contribution >= 0.6 is 0 Å². The number of hydrogen-bond donors (Lipinski definition) is 0. The van der Waals surface area contributed by atoms with E-state index in [0.29, 0.717) is 13.2 Å². The molecule has 0 amide bonds. The van der Waals surface area contributed by atoms with E-state index in [2.05, 4.69) is 0 Å². The monoisotopic (exact) mass is 214 g/mol. The summed E-state index contributed by atoms with van der Waals surface area (Å²) in [4.78, 5) is 11.6. The van der Waals surface area contributed by atoms with E-state index in [-0.39, 0.29) is 11.9 Å². The Balaban J connectivity index is 2.02. The number of hydrogen-bond acceptors (Lipinski definition) is 3. The van der Waals surface area contributed by atoms with Gasteiger partial charge in [0.05, 0.1) is 12.5 Å². The fourth-order valence-corrected chi connectivity index (χ4v) is 1.93. The van der Waals surface area contributed by atoms with Crippen molar-refractivity contribution in [2.75, 3.05) is 19.8 Å². The van der Waals surface area contributed by atoms with E-state index in [4.69, 9.17) is 9.47 Å². The summed E-state index contributed by atoms with van der Waals surface area (Å²) < 4.78 is 10.4. The second-order valence-electron chi connectivity index (χ2n) is 4.05. The molecule has 1 fully saturated rings. The minimum Gasteiger partial charge on any atom is -0.465 e. The number of esters is 1. The normalized spacial score (nSPS) is 17.7. The first-order valence-electron chi connectivity index (χ1n) is 6.09. The first-order valence-corrected chi connectivity index (χ1v) is 6.09. The predicted octanol–water partition coefficient (Wildman–Crippen LogP) is 2.54. The molecule has 0 bridgehead atoms. The Morgan fingerprint density at radius 1 is 1.20 bits per heavy atom. The SMILES string of the molecule is CCOCCCOC(=O)C1CCCCC1. The standard InChI is InChI=1S/C12H22O3/c1-2-14-9-6-10-15-12(13)11-7-4-3-5-8-11/h11H,2-10H2,1H3. The minimum absolute atomic E-state index is 0.00574. The molecule has 0 heterocycles. The fourth-order valence-electron chi connectivity index (χ4n) is 1.93. The molecular weight excluding hydrogens is 192 g/mol. The van der Waals surface area contributed by atoms with E-state index in [1.165, 1.54) is 19.3 Å². The lowest BCUT2D eigenvalue weighted by Crippen LogP contribution is -2.21. The molecule has 0 unspecified atom stereocenters. The van der Waals surface area contributed by atoms with Crippen LogP contribution in [-0.2, 0) is 14.3 Å². The van der Waals surface area contributed by atoms with Crippen LogP contribution in [0.1, 0.15) is 45.4 Å². The van der Waals surface area contributed by atoms with Crippen molar-refractivity contribution in [1.82, 2.24) is 0 Å². The molecule has 0 spiro atoms. The van der Waals surface area contributed by atoms with Crippen LogP contribution in [0.4, 0.5) is 0 Å². The van der Waals surface area contributed by atoms with Crippen LogP contribution in [0, 0.1) is 5.92 Å². The zero-order chi connectivity index (χ0) is 10.9. The van der Waals surface area contributed by atoms with Crippen LogP contribution in [0.25, 0.3) is 0 Å². The van der Waals surface area contributed by atoms with Crippen molar-refractivity contribution in [1.29, 1.82) is 0 Å². The first-order chi connectivity index (χ1) is 7.34. The summed E-state index contributed by atoms with van der Waals surface area (Å²) in [5, 5.41) is 0. The molecule has 1 rings (SSSR count). The van der Waals surface area contributed by atoms with E-state index in [1.54, 1.807) is 0 Å². The van der Waals surface area contributed by atoms with Crippen LogP contribution in [0.3, 0.4) is 0 Å². The Bertz CT molecular complexity index is 174. The molecule has 0 saturated heterocycles. The van der Waals surface area contributed by atoms with E-state index < -0.39 is 0 Å². The lowest BCUT2D eigenvalue weighted by Gasteiger charge is -2.19. The molecule has 1 saturated carbocycles. The Labute approximate surface area is 92.1 Å². The number of rotatable bonds is 6. The Morgan fingerprint density at radius 3 is 2.60 bits per heavy atom. The van der Waals surface area contributed by atoms with Gasteiger partial charge in [-0.05, 0) is 19.8 Å². The molecule has 0 aromatic carbocycles. The molecular formula is C12H22O3. The van der Waals surface area contributed by atoms with Crippen LogP contribution in [0.5, 0.6) is 0 Å². The molecule has 0 aliphatic heterocycles. The highest BCUT2D eigenvalue weighted by atomic mass is 16.5.